The number of hydrogen-bond donors (Lipinski definition) is 2. The molecule has 0 saturated heterocycles. The number of nitrogens with zero attached hydrogens (tertiary/aromatic N) is 2. The summed E-state index contributed by atoms with van der Waals surface area (Å²) in [5, 5.41) is 2.78. The number of pyridine rings is 1. The minimum absolute atomic E-state index is 0.143. The summed E-state index contributed by atoms with van der Waals surface area (Å²) in [6.07, 6.45) is -3.33. The summed E-state index contributed by atoms with van der Waals surface area (Å²) in [6, 6.07) is 5.56. The first-order valence-electron chi connectivity index (χ1n) is 11.7. The monoisotopic (exact) mass is 506 g/mol. The van der Waals surface area contributed by atoms with E-state index >= 15 is 0 Å². The molecule has 0 radical (unpaired) electrons. The number of fused-ring (bicyclic) bond motifs is 1. The van der Waals surface area contributed by atoms with E-state index in [0.717, 1.165) is 6.07 Å². The van der Waals surface area contributed by atoms with Gasteiger partial charge in [0.15, 0.2) is 5.65 Å². The van der Waals surface area contributed by atoms with Gasteiger partial charge in [-0.15, -0.1) is 0 Å². The van der Waals surface area contributed by atoms with E-state index in [2.05, 4.69) is 20.3 Å². The Kier molecular flexibility index (Phi) is 7.57. The second kappa shape index (κ2) is 9.99. The Labute approximate surface area is 208 Å². The van der Waals surface area contributed by atoms with E-state index in [1.807, 2.05) is 13.8 Å². The molecular formula is C26H33F3N4O3. The number of alkyl carbamates (subject to hydrolysis) is 1. The van der Waals surface area contributed by atoms with Crippen molar-refractivity contribution in [3.8, 4) is 16.9 Å². The first-order chi connectivity index (χ1) is 16.6. The molecule has 0 saturated carbocycles. The Bertz CT molecular complexity index is 1230. The molecule has 0 aliphatic rings. The van der Waals surface area contributed by atoms with Crippen LogP contribution in [-0.2, 0) is 10.9 Å². The summed E-state index contributed by atoms with van der Waals surface area (Å²) in [6.45, 7) is 12.4. The summed E-state index contributed by atoms with van der Waals surface area (Å²) in [5.41, 5.74) is -0.696. The number of aromatic amines is 1. The fourth-order valence-corrected chi connectivity index (χ4v) is 4.15. The fraction of sp³-hybridized carbons (Fsp3) is 0.500. The number of hydrogen-bond acceptors (Lipinski definition) is 5. The van der Waals surface area contributed by atoms with Crippen LogP contribution in [0.3, 0.4) is 0 Å². The van der Waals surface area contributed by atoms with Gasteiger partial charge >= 0.3 is 12.3 Å². The fourth-order valence-electron chi connectivity index (χ4n) is 4.15. The maximum atomic E-state index is 14.1. The average Bonchev–Trinajstić information content (AvgIpc) is 3.09. The van der Waals surface area contributed by atoms with Gasteiger partial charge in [0.2, 0.25) is 0 Å². The van der Waals surface area contributed by atoms with Gasteiger partial charge in [0.05, 0.1) is 16.6 Å². The lowest BCUT2D eigenvalue weighted by molar-refractivity contribution is -0.139. The zero-order valence-electron chi connectivity index (χ0n) is 21.6. The van der Waals surface area contributed by atoms with Gasteiger partial charge in [0.25, 0.3) is 0 Å². The lowest BCUT2D eigenvalue weighted by atomic mass is 9.91. The highest BCUT2D eigenvalue weighted by Crippen LogP contribution is 2.40. The van der Waals surface area contributed by atoms with Gasteiger partial charge in [-0.3, -0.25) is 0 Å². The topological polar surface area (TPSA) is 89.1 Å². The molecule has 36 heavy (non-hydrogen) atoms. The summed E-state index contributed by atoms with van der Waals surface area (Å²) < 4.78 is 53.3. The summed E-state index contributed by atoms with van der Waals surface area (Å²) in [7, 11) is 0. The number of amides is 1. The number of rotatable bonds is 7. The molecular weight excluding hydrogens is 473 g/mol. The Morgan fingerprint density at radius 3 is 2.44 bits per heavy atom. The molecule has 0 aliphatic heterocycles. The Balaban J connectivity index is 1.92. The molecule has 10 heteroatoms. The van der Waals surface area contributed by atoms with Crippen LogP contribution in [0, 0.1) is 12.8 Å². The Morgan fingerprint density at radius 2 is 1.83 bits per heavy atom. The van der Waals surface area contributed by atoms with Crippen molar-refractivity contribution < 1.29 is 27.4 Å². The molecule has 0 fully saturated rings. The highest BCUT2D eigenvalue weighted by molar-refractivity contribution is 5.90. The Morgan fingerprint density at radius 1 is 1.14 bits per heavy atom. The van der Waals surface area contributed by atoms with Crippen molar-refractivity contribution in [3.63, 3.8) is 0 Å². The predicted molar refractivity (Wildman–Crippen MR) is 132 cm³/mol. The maximum Gasteiger partial charge on any atom is 0.419 e. The number of ether oxygens (including phenoxy) is 2. The number of H-pyrrole nitrogens is 1. The maximum absolute atomic E-state index is 14.1. The Hall–Kier alpha value is -3.30. The molecule has 1 aromatic carbocycles. The molecule has 0 bridgehead atoms. The van der Waals surface area contributed by atoms with E-state index in [0.29, 0.717) is 34.5 Å². The van der Waals surface area contributed by atoms with Gasteiger partial charge in [0, 0.05) is 11.8 Å². The number of benzene rings is 1. The second-order valence-corrected chi connectivity index (χ2v) is 10.7. The molecule has 196 valence electrons. The van der Waals surface area contributed by atoms with Crippen molar-refractivity contribution in [2.45, 2.75) is 72.2 Å². The summed E-state index contributed by atoms with van der Waals surface area (Å²) >= 11 is 0. The van der Waals surface area contributed by atoms with Gasteiger partial charge in [-0.05, 0) is 70.7 Å². The third-order valence-corrected chi connectivity index (χ3v) is 5.31. The largest absolute Gasteiger partial charge is 0.491 e. The van der Waals surface area contributed by atoms with E-state index in [-0.39, 0.29) is 18.3 Å². The van der Waals surface area contributed by atoms with Gasteiger partial charge in [-0.1, -0.05) is 19.9 Å². The number of halogens is 3. The third-order valence-electron chi connectivity index (χ3n) is 5.31. The molecule has 2 heterocycles. The van der Waals surface area contributed by atoms with Crippen LogP contribution < -0.4 is 10.1 Å². The molecule has 3 rings (SSSR count). The van der Waals surface area contributed by atoms with Crippen molar-refractivity contribution in [2.24, 2.45) is 5.92 Å². The first-order valence-corrected chi connectivity index (χ1v) is 11.7. The summed E-state index contributed by atoms with van der Waals surface area (Å²) in [4.78, 5) is 23.9. The molecule has 0 aliphatic carbocycles. The number of carbonyl (C=O) groups is 1. The van der Waals surface area contributed by atoms with Crippen LogP contribution in [0.5, 0.6) is 5.75 Å². The van der Waals surface area contributed by atoms with Gasteiger partial charge < -0.3 is 19.8 Å². The quantitative estimate of drug-likeness (QED) is 0.374. The lowest BCUT2D eigenvalue weighted by Crippen LogP contribution is -2.52. The number of imidazole rings is 1. The van der Waals surface area contributed by atoms with E-state index < -0.39 is 29.0 Å². The average molecular weight is 507 g/mol. The van der Waals surface area contributed by atoms with Crippen molar-refractivity contribution in [1.29, 1.82) is 0 Å². The smallest absolute Gasteiger partial charge is 0.419 e. The number of alkyl halides is 3. The zero-order valence-corrected chi connectivity index (χ0v) is 21.6. The molecule has 3 aromatic rings. The van der Waals surface area contributed by atoms with Crippen LogP contribution in [-0.4, -0.2) is 38.8 Å². The van der Waals surface area contributed by atoms with Crippen molar-refractivity contribution in [1.82, 2.24) is 20.3 Å². The van der Waals surface area contributed by atoms with Gasteiger partial charge in [0.1, 0.15) is 23.8 Å². The number of aryl methyl sites for hydroxylation is 1. The van der Waals surface area contributed by atoms with E-state index in [1.165, 1.54) is 12.3 Å². The number of nitrogens with one attached hydrogen (secondary N) is 2. The SMILES string of the molecule is Cc1nc2nccc(-c3ccc(OCC(C)(CC(C)C)NC(=O)OC(C)(C)C)c(C(F)(F)F)c3)c2[nH]1. The predicted octanol–water partition coefficient (Wildman–Crippen LogP) is 6.66. The number of aromatic nitrogens is 3. The standard InChI is InChI=1S/C26H33F3N4O3/c1-15(2)13-25(7,33-23(34)36-24(4,5)6)14-35-20-9-8-17(12-19(20)26(27,28)29)18-10-11-30-22-21(18)31-16(3)32-22/h8-12,15H,13-14H2,1-7H3,(H,33,34)(H,30,31,32). The highest BCUT2D eigenvalue weighted by atomic mass is 19.4. The van der Waals surface area contributed by atoms with E-state index in [1.54, 1.807) is 46.8 Å². The normalized spacial score (nSPS) is 14.1. The first kappa shape index (κ1) is 27.3. The van der Waals surface area contributed by atoms with Crippen LogP contribution in [0.1, 0.15) is 59.4 Å². The van der Waals surface area contributed by atoms with E-state index in [4.69, 9.17) is 9.47 Å². The molecule has 0 spiro atoms. The zero-order chi connectivity index (χ0) is 26.9. The molecule has 1 unspecified atom stereocenters. The third kappa shape index (κ3) is 6.89. The van der Waals surface area contributed by atoms with E-state index in [9.17, 15) is 18.0 Å². The van der Waals surface area contributed by atoms with Crippen LogP contribution in [0.25, 0.3) is 22.3 Å². The lowest BCUT2D eigenvalue weighted by Gasteiger charge is -2.33. The molecule has 2 aromatic heterocycles. The van der Waals surface area contributed by atoms with Crippen molar-refractivity contribution >= 4 is 17.3 Å². The highest BCUT2D eigenvalue weighted by Gasteiger charge is 2.37. The molecule has 1 amide bonds. The molecule has 1 atom stereocenters. The van der Waals surface area contributed by atoms with Crippen molar-refractivity contribution in [2.75, 3.05) is 6.61 Å². The molecule has 2 N–H and O–H groups in total. The van der Waals surface area contributed by atoms with Crippen LogP contribution in [0.2, 0.25) is 0 Å². The van der Waals surface area contributed by atoms with Crippen molar-refractivity contribution in [3.05, 3.63) is 41.9 Å². The van der Waals surface area contributed by atoms with Crippen LogP contribution in [0.4, 0.5) is 18.0 Å². The van der Waals surface area contributed by atoms with Gasteiger partial charge in [-0.25, -0.2) is 14.8 Å². The molecule has 7 nitrogen and oxygen atoms in total. The summed E-state index contributed by atoms with van der Waals surface area (Å²) in [5.74, 6) is 0.436. The van der Waals surface area contributed by atoms with Crippen LogP contribution >= 0.6 is 0 Å². The second-order valence-electron chi connectivity index (χ2n) is 10.7. The minimum atomic E-state index is -4.66. The minimum Gasteiger partial charge on any atom is -0.491 e. The number of carbonyl (C=O) groups excluding carboxylic acids is 1. The van der Waals surface area contributed by atoms with Crippen LogP contribution in [0.15, 0.2) is 30.5 Å². The van der Waals surface area contributed by atoms with Gasteiger partial charge in [-0.2, -0.15) is 13.2 Å².